The predicted molar refractivity (Wildman–Crippen MR) is 139 cm³/mol. The molecule has 0 radical (unpaired) electrons. The van der Waals surface area contributed by atoms with Crippen molar-refractivity contribution in [1.82, 2.24) is 5.32 Å². The van der Waals surface area contributed by atoms with E-state index in [1.54, 1.807) is 29.2 Å². The molecule has 3 aromatic carbocycles. The molecule has 4 rings (SSSR count). The van der Waals surface area contributed by atoms with Gasteiger partial charge in [0, 0.05) is 29.6 Å². The van der Waals surface area contributed by atoms with Crippen molar-refractivity contribution in [3.63, 3.8) is 0 Å². The summed E-state index contributed by atoms with van der Waals surface area (Å²) in [4.78, 5) is 27.3. The lowest BCUT2D eigenvalue weighted by Gasteiger charge is -2.23. The molecule has 0 saturated heterocycles. The van der Waals surface area contributed by atoms with Gasteiger partial charge in [-0.05, 0) is 73.6 Å². The van der Waals surface area contributed by atoms with Crippen molar-refractivity contribution in [3.05, 3.63) is 72.3 Å². The van der Waals surface area contributed by atoms with Crippen molar-refractivity contribution in [1.29, 1.82) is 0 Å². The zero-order chi connectivity index (χ0) is 23.2. The van der Waals surface area contributed by atoms with Crippen molar-refractivity contribution in [2.24, 2.45) is 5.92 Å². The van der Waals surface area contributed by atoms with Gasteiger partial charge in [0.1, 0.15) is 0 Å². The summed E-state index contributed by atoms with van der Waals surface area (Å²) < 4.78 is 0. The van der Waals surface area contributed by atoms with Gasteiger partial charge >= 0.3 is 0 Å². The molecule has 170 valence electrons. The van der Waals surface area contributed by atoms with Gasteiger partial charge in [-0.3, -0.25) is 9.59 Å². The minimum atomic E-state index is -0.0622. The summed E-state index contributed by atoms with van der Waals surface area (Å²) in [5.41, 5.74) is 2.21. The van der Waals surface area contributed by atoms with Crippen LogP contribution in [0.3, 0.4) is 0 Å². The Morgan fingerprint density at radius 1 is 0.970 bits per heavy atom. The summed E-state index contributed by atoms with van der Waals surface area (Å²) in [5, 5.41) is 8.23. The maximum Gasteiger partial charge on any atom is 0.258 e. The zero-order valence-electron chi connectivity index (χ0n) is 18.8. The molecule has 2 N–H and O–H groups in total. The number of rotatable bonds is 6. The lowest BCUT2D eigenvalue weighted by Crippen LogP contribution is -2.35. The largest absolute Gasteiger partial charge is 0.332 e. The Balaban J connectivity index is 1.40. The average molecular weight is 460 g/mol. The number of amides is 2. The van der Waals surface area contributed by atoms with E-state index in [2.05, 4.69) is 10.6 Å². The fraction of sp³-hybridized carbons (Fsp3) is 0.296. The molecular formula is C27H29N3O2S. The van der Waals surface area contributed by atoms with Crippen LogP contribution in [0.4, 0.5) is 11.4 Å². The molecule has 5 nitrogen and oxygen atoms in total. The molecule has 6 heteroatoms. The number of carbonyl (C=O) groups is 2. The van der Waals surface area contributed by atoms with E-state index < -0.39 is 0 Å². The topological polar surface area (TPSA) is 61.4 Å². The summed E-state index contributed by atoms with van der Waals surface area (Å²) >= 11 is 5.29. The second kappa shape index (κ2) is 10.6. The van der Waals surface area contributed by atoms with Crippen molar-refractivity contribution in [2.45, 2.75) is 39.0 Å². The smallest absolute Gasteiger partial charge is 0.258 e. The van der Waals surface area contributed by atoms with Crippen LogP contribution in [-0.4, -0.2) is 23.5 Å². The number of hydrogen-bond donors (Lipinski definition) is 2. The number of nitrogens with one attached hydrogen (secondary N) is 2. The quantitative estimate of drug-likeness (QED) is 0.451. The third-order valence-electron chi connectivity index (χ3n) is 6.21. The molecule has 33 heavy (non-hydrogen) atoms. The van der Waals surface area contributed by atoms with Crippen molar-refractivity contribution < 1.29 is 9.59 Å². The van der Waals surface area contributed by atoms with E-state index in [0.717, 1.165) is 35.0 Å². The van der Waals surface area contributed by atoms with E-state index in [-0.39, 0.29) is 16.9 Å². The fourth-order valence-corrected chi connectivity index (χ4v) is 4.77. The van der Waals surface area contributed by atoms with Crippen LogP contribution in [0.2, 0.25) is 0 Å². The van der Waals surface area contributed by atoms with Gasteiger partial charge < -0.3 is 15.5 Å². The van der Waals surface area contributed by atoms with Gasteiger partial charge in [-0.15, -0.1) is 0 Å². The van der Waals surface area contributed by atoms with Crippen LogP contribution in [0.25, 0.3) is 10.8 Å². The maximum absolute atomic E-state index is 13.3. The summed E-state index contributed by atoms with van der Waals surface area (Å²) in [6, 6.07) is 21.2. The first-order valence-corrected chi connectivity index (χ1v) is 12.0. The monoisotopic (exact) mass is 459 g/mol. The fourth-order valence-electron chi connectivity index (χ4n) is 4.54. The molecular weight excluding hydrogens is 430 g/mol. The van der Waals surface area contributed by atoms with E-state index in [1.165, 1.54) is 12.8 Å². The molecule has 1 aliphatic rings. The molecule has 1 fully saturated rings. The first-order chi connectivity index (χ1) is 16.0. The highest BCUT2D eigenvalue weighted by Gasteiger charge is 2.20. The maximum atomic E-state index is 13.3. The summed E-state index contributed by atoms with van der Waals surface area (Å²) in [6.07, 6.45) is 5.19. The number of carbonyl (C=O) groups excluding carboxylic acids is 2. The first kappa shape index (κ1) is 22.9. The molecule has 1 saturated carbocycles. The van der Waals surface area contributed by atoms with Crippen LogP contribution < -0.4 is 15.5 Å². The highest BCUT2D eigenvalue weighted by molar-refractivity contribution is 7.80. The van der Waals surface area contributed by atoms with E-state index in [9.17, 15) is 9.59 Å². The van der Waals surface area contributed by atoms with Crippen LogP contribution in [0.5, 0.6) is 0 Å². The summed E-state index contributed by atoms with van der Waals surface area (Å²) in [6.45, 7) is 2.53. The normalized spacial score (nSPS) is 13.6. The molecule has 0 aliphatic heterocycles. The standard InChI is InChI=1S/C27H29N3O2S/c1-2-30(24-13-7-11-20-10-5-6-12-23(20)24)26(32)21-14-16-22(17-15-21)28-27(33)29-25(31)18-19-8-3-4-9-19/h5-7,10-17,19H,2-4,8-9,18H2,1H3,(H2,28,29,31,33). The van der Waals surface area contributed by atoms with Crippen molar-refractivity contribution in [2.75, 3.05) is 16.8 Å². The summed E-state index contributed by atoms with van der Waals surface area (Å²) in [5.74, 6) is 0.370. The molecule has 0 heterocycles. The Kier molecular flexibility index (Phi) is 7.35. The number of fused-ring (bicyclic) bond motifs is 1. The van der Waals surface area contributed by atoms with Gasteiger partial charge in [0.25, 0.3) is 5.91 Å². The highest BCUT2D eigenvalue weighted by atomic mass is 32.1. The third kappa shape index (κ3) is 5.57. The van der Waals surface area contributed by atoms with Gasteiger partial charge in [0.05, 0.1) is 5.69 Å². The van der Waals surface area contributed by atoms with Crippen molar-refractivity contribution >= 4 is 51.3 Å². The Hall–Kier alpha value is -3.25. The second-order valence-electron chi connectivity index (χ2n) is 8.48. The van der Waals surface area contributed by atoms with Crippen LogP contribution in [-0.2, 0) is 4.79 Å². The first-order valence-electron chi connectivity index (χ1n) is 11.6. The van der Waals surface area contributed by atoms with E-state index in [4.69, 9.17) is 12.2 Å². The van der Waals surface area contributed by atoms with Crippen molar-refractivity contribution in [3.8, 4) is 0 Å². The number of thiocarbonyl (C=S) groups is 1. The van der Waals surface area contributed by atoms with Gasteiger partial charge in [0.15, 0.2) is 5.11 Å². The Morgan fingerprint density at radius 3 is 2.39 bits per heavy atom. The Labute approximate surface area is 200 Å². The van der Waals surface area contributed by atoms with Crippen LogP contribution in [0, 0.1) is 5.92 Å². The van der Waals surface area contributed by atoms with E-state index >= 15 is 0 Å². The van der Waals surface area contributed by atoms with E-state index in [1.807, 2.05) is 49.4 Å². The zero-order valence-corrected chi connectivity index (χ0v) is 19.7. The minimum Gasteiger partial charge on any atom is -0.332 e. The van der Waals surface area contributed by atoms with Crippen LogP contribution in [0.1, 0.15) is 49.4 Å². The van der Waals surface area contributed by atoms with Gasteiger partial charge in [-0.1, -0.05) is 49.2 Å². The molecule has 0 unspecified atom stereocenters. The minimum absolute atomic E-state index is 0.0418. The van der Waals surface area contributed by atoms with Crippen LogP contribution >= 0.6 is 12.2 Å². The third-order valence-corrected chi connectivity index (χ3v) is 6.41. The lowest BCUT2D eigenvalue weighted by atomic mass is 10.0. The van der Waals surface area contributed by atoms with Crippen LogP contribution in [0.15, 0.2) is 66.7 Å². The molecule has 0 atom stereocenters. The Morgan fingerprint density at radius 2 is 1.67 bits per heavy atom. The lowest BCUT2D eigenvalue weighted by molar-refractivity contribution is -0.120. The number of benzene rings is 3. The Bertz CT molecular complexity index is 1150. The number of anilines is 2. The molecule has 1 aliphatic carbocycles. The summed E-state index contributed by atoms with van der Waals surface area (Å²) in [7, 11) is 0. The molecule has 0 spiro atoms. The highest BCUT2D eigenvalue weighted by Crippen LogP contribution is 2.28. The molecule has 0 bridgehead atoms. The SMILES string of the molecule is CCN(C(=O)c1ccc(NC(=S)NC(=O)CC2CCCC2)cc1)c1cccc2ccccc12. The molecule has 0 aromatic heterocycles. The molecule has 2 amide bonds. The number of hydrogen-bond acceptors (Lipinski definition) is 3. The molecule has 3 aromatic rings. The van der Waals surface area contributed by atoms with Gasteiger partial charge in [0.2, 0.25) is 5.91 Å². The van der Waals surface area contributed by atoms with Gasteiger partial charge in [-0.25, -0.2) is 0 Å². The van der Waals surface area contributed by atoms with Gasteiger partial charge in [-0.2, -0.15) is 0 Å². The number of nitrogens with zero attached hydrogens (tertiary/aromatic N) is 1. The predicted octanol–water partition coefficient (Wildman–Crippen LogP) is 5.90. The van der Waals surface area contributed by atoms with E-state index in [0.29, 0.717) is 24.4 Å². The average Bonchev–Trinajstić information content (AvgIpc) is 3.33. The second-order valence-corrected chi connectivity index (χ2v) is 8.89.